The topological polar surface area (TPSA) is 74.2 Å². The molecule has 0 bridgehead atoms. The number of aromatic nitrogens is 2. The van der Waals surface area contributed by atoms with Crippen LogP contribution in [-0.2, 0) is 6.42 Å². The van der Waals surface area contributed by atoms with Gasteiger partial charge in [-0.25, -0.2) is 0 Å². The quantitative estimate of drug-likeness (QED) is 0.869. The zero-order valence-corrected chi connectivity index (χ0v) is 9.88. The van der Waals surface area contributed by atoms with Gasteiger partial charge in [0.05, 0.1) is 13.2 Å². The van der Waals surface area contributed by atoms with Crippen molar-refractivity contribution < 1.29 is 9.26 Å². The van der Waals surface area contributed by atoms with Crippen molar-refractivity contribution in [3.63, 3.8) is 0 Å². The van der Waals surface area contributed by atoms with E-state index in [4.69, 9.17) is 15.0 Å². The summed E-state index contributed by atoms with van der Waals surface area (Å²) in [5.74, 6) is 1.85. The molecule has 2 N–H and O–H groups in total. The number of aryl methyl sites for hydroxylation is 1. The molecule has 1 heterocycles. The van der Waals surface area contributed by atoms with Gasteiger partial charge < -0.3 is 15.0 Å². The fraction of sp³-hybridized carbons (Fsp3) is 0.333. The number of ether oxygens (including phenoxy) is 1. The SMILES string of the molecule is CCc1nc(C(N)c2cccc(OC)c2)no1. The van der Waals surface area contributed by atoms with Crippen LogP contribution in [0.1, 0.15) is 30.2 Å². The second-order valence-corrected chi connectivity index (χ2v) is 3.65. The summed E-state index contributed by atoms with van der Waals surface area (Å²) < 4.78 is 10.2. The van der Waals surface area contributed by atoms with Crippen molar-refractivity contribution in [2.75, 3.05) is 7.11 Å². The molecule has 2 aromatic rings. The van der Waals surface area contributed by atoms with Gasteiger partial charge in [-0.3, -0.25) is 0 Å². The number of methoxy groups -OCH3 is 1. The highest BCUT2D eigenvalue weighted by molar-refractivity contribution is 5.32. The van der Waals surface area contributed by atoms with E-state index in [9.17, 15) is 0 Å². The fourth-order valence-corrected chi connectivity index (χ4v) is 1.52. The van der Waals surface area contributed by atoms with Gasteiger partial charge in [0, 0.05) is 6.42 Å². The molecule has 0 saturated carbocycles. The number of nitrogens with zero attached hydrogens (tertiary/aromatic N) is 2. The molecule has 5 nitrogen and oxygen atoms in total. The summed E-state index contributed by atoms with van der Waals surface area (Å²) in [5, 5.41) is 3.87. The van der Waals surface area contributed by atoms with Crippen LogP contribution >= 0.6 is 0 Å². The van der Waals surface area contributed by atoms with E-state index in [-0.39, 0.29) is 0 Å². The number of nitrogens with two attached hydrogens (primary N) is 1. The summed E-state index contributed by atoms with van der Waals surface area (Å²) in [4.78, 5) is 4.22. The van der Waals surface area contributed by atoms with Crippen molar-refractivity contribution in [3.8, 4) is 5.75 Å². The molecule has 0 saturated heterocycles. The van der Waals surface area contributed by atoms with Crippen molar-refractivity contribution >= 4 is 0 Å². The summed E-state index contributed by atoms with van der Waals surface area (Å²) >= 11 is 0. The van der Waals surface area contributed by atoms with Gasteiger partial charge in [-0.15, -0.1) is 0 Å². The molecule has 1 aromatic carbocycles. The van der Waals surface area contributed by atoms with Crippen molar-refractivity contribution in [1.29, 1.82) is 0 Å². The van der Waals surface area contributed by atoms with Gasteiger partial charge in [-0.05, 0) is 17.7 Å². The van der Waals surface area contributed by atoms with E-state index in [1.165, 1.54) is 0 Å². The van der Waals surface area contributed by atoms with Crippen LogP contribution in [0, 0.1) is 0 Å². The minimum atomic E-state index is -0.394. The lowest BCUT2D eigenvalue weighted by Crippen LogP contribution is -2.13. The summed E-state index contributed by atoms with van der Waals surface area (Å²) in [7, 11) is 1.62. The Morgan fingerprint density at radius 1 is 1.47 bits per heavy atom. The average molecular weight is 233 g/mol. The summed E-state index contributed by atoms with van der Waals surface area (Å²) in [6.07, 6.45) is 0.706. The van der Waals surface area contributed by atoms with E-state index >= 15 is 0 Å². The Labute approximate surface area is 99.6 Å². The number of hydrogen-bond donors (Lipinski definition) is 1. The molecule has 0 amide bonds. The van der Waals surface area contributed by atoms with E-state index in [1.54, 1.807) is 7.11 Å². The van der Waals surface area contributed by atoms with E-state index < -0.39 is 6.04 Å². The van der Waals surface area contributed by atoms with Crippen molar-refractivity contribution in [2.24, 2.45) is 5.73 Å². The van der Waals surface area contributed by atoms with Crippen LogP contribution in [0.25, 0.3) is 0 Å². The van der Waals surface area contributed by atoms with E-state index in [1.807, 2.05) is 31.2 Å². The van der Waals surface area contributed by atoms with Gasteiger partial charge in [0.25, 0.3) is 0 Å². The lowest BCUT2D eigenvalue weighted by molar-refractivity contribution is 0.375. The monoisotopic (exact) mass is 233 g/mol. The molecule has 0 fully saturated rings. The first-order valence-electron chi connectivity index (χ1n) is 5.46. The van der Waals surface area contributed by atoms with Gasteiger partial charge in [0.15, 0.2) is 5.82 Å². The lowest BCUT2D eigenvalue weighted by Gasteiger charge is -2.08. The minimum absolute atomic E-state index is 0.394. The smallest absolute Gasteiger partial charge is 0.226 e. The number of rotatable bonds is 4. The Bertz CT molecular complexity index is 496. The van der Waals surface area contributed by atoms with Crippen LogP contribution in [0.4, 0.5) is 0 Å². The Balaban J connectivity index is 2.26. The second-order valence-electron chi connectivity index (χ2n) is 3.65. The van der Waals surface area contributed by atoms with Crippen molar-refractivity contribution in [3.05, 3.63) is 41.5 Å². The first kappa shape index (κ1) is 11.6. The molecule has 0 aliphatic carbocycles. The highest BCUT2D eigenvalue weighted by Gasteiger charge is 2.15. The standard InChI is InChI=1S/C12H15N3O2/c1-3-10-14-12(15-17-10)11(13)8-5-4-6-9(7-8)16-2/h4-7,11H,3,13H2,1-2H3. The van der Waals surface area contributed by atoms with E-state index in [0.29, 0.717) is 18.1 Å². The van der Waals surface area contributed by atoms with Gasteiger partial charge in [0.2, 0.25) is 5.89 Å². The number of hydrogen-bond acceptors (Lipinski definition) is 5. The lowest BCUT2D eigenvalue weighted by atomic mass is 10.1. The Kier molecular flexibility index (Phi) is 3.39. The molecule has 0 spiro atoms. The molecule has 0 aliphatic rings. The second kappa shape index (κ2) is 4.97. The molecular formula is C12H15N3O2. The van der Waals surface area contributed by atoms with Crippen LogP contribution < -0.4 is 10.5 Å². The fourth-order valence-electron chi connectivity index (χ4n) is 1.52. The minimum Gasteiger partial charge on any atom is -0.497 e. The van der Waals surface area contributed by atoms with Crippen LogP contribution in [0.2, 0.25) is 0 Å². The third-order valence-electron chi connectivity index (χ3n) is 2.52. The molecule has 0 radical (unpaired) electrons. The van der Waals surface area contributed by atoms with Crippen LogP contribution in [-0.4, -0.2) is 17.3 Å². The molecule has 0 aliphatic heterocycles. The molecule has 17 heavy (non-hydrogen) atoms. The third kappa shape index (κ3) is 2.45. The third-order valence-corrected chi connectivity index (χ3v) is 2.52. The van der Waals surface area contributed by atoms with Gasteiger partial charge in [-0.2, -0.15) is 4.98 Å². The molecule has 1 aromatic heterocycles. The molecule has 90 valence electrons. The predicted molar refractivity (Wildman–Crippen MR) is 62.7 cm³/mol. The summed E-state index contributed by atoms with van der Waals surface area (Å²) in [6.45, 7) is 1.95. The van der Waals surface area contributed by atoms with Gasteiger partial charge in [-0.1, -0.05) is 24.2 Å². The summed E-state index contributed by atoms with van der Waals surface area (Å²) in [6, 6.07) is 7.13. The maximum Gasteiger partial charge on any atom is 0.226 e. The van der Waals surface area contributed by atoms with Crippen LogP contribution in [0.5, 0.6) is 5.75 Å². The molecule has 5 heteroatoms. The highest BCUT2D eigenvalue weighted by atomic mass is 16.5. The van der Waals surface area contributed by atoms with Crippen LogP contribution in [0.3, 0.4) is 0 Å². The van der Waals surface area contributed by atoms with E-state index in [2.05, 4.69) is 10.1 Å². The van der Waals surface area contributed by atoms with Crippen molar-refractivity contribution in [2.45, 2.75) is 19.4 Å². The Hall–Kier alpha value is -1.88. The largest absolute Gasteiger partial charge is 0.497 e. The zero-order chi connectivity index (χ0) is 12.3. The molecular weight excluding hydrogens is 218 g/mol. The average Bonchev–Trinajstić information content (AvgIpc) is 2.86. The first-order valence-corrected chi connectivity index (χ1v) is 5.46. The molecule has 1 atom stereocenters. The van der Waals surface area contributed by atoms with Crippen LogP contribution in [0.15, 0.2) is 28.8 Å². The Morgan fingerprint density at radius 3 is 2.94 bits per heavy atom. The Morgan fingerprint density at radius 2 is 2.29 bits per heavy atom. The summed E-state index contributed by atoms with van der Waals surface area (Å²) in [5.41, 5.74) is 6.96. The highest BCUT2D eigenvalue weighted by Crippen LogP contribution is 2.21. The van der Waals surface area contributed by atoms with Gasteiger partial charge in [0.1, 0.15) is 5.75 Å². The van der Waals surface area contributed by atoms with Crippen molar-refractivity contribution in [1.82, 2.24) is 10.1 Å². The normalized spacial score (nSPS) is 12.4. The molecule has 2 rings (SSSR count). The zero-order valence-electron chi connectivity index (χ0n) is 9.88. The maximum absolute atomic E-state index is 6.07. The number of benzene rings is 1. The van der Waals surface area contributed by atoms with Gasteiger partial charge >= 0.3 is 0 Å². The molecule has 1 unspecified atom stereocenters. The van der Waals surface area contributed by atoms with E-state index in [0.717, 1.165) is 11.3 Å². The first-order chi connectivity index (χ1) is 8.24. The maximum atomic E-state index is 6.07. The predicted octanol–water partition coefficient (Wildman–Crippen LogP) is 1.69.